The van der Waals surface area contributed by atoms with Gasteiger partial charge in [-0.25, -0.2) is 0 Å². The largest absolute Gasteiger partial charge is 0.397 e. The van der Waals surface area contributed by atoms with Crippen molar-refractivity contribution in [2.45, 2.75) is 39.2 Å². The van der Waals surface area contributed by atoms with Crippen LogP contribution >= 0.6 is 0 Å². The van der Waals surface area contributed by atoms with E-state index in [9.17, 15) is 0 Å². The second-order valence-corrected chi connectivity index (χ2v) is 6.14. The summed E-state index contributed by atoms with van der Waals surface area (Å²) in [7, 11) is 0. The molecule has 1 aromatic carbocycles. The highest BCUT2D eigenvalue weighted by Crippen LogP contribution is 2.34. The van der Waals surface area contributed by atoms with E-state index in [-0.39, 0.29) is 0 Å². The molecular formula is C17H23N3. The quantitative estimate of drug-likeness (QED) is 0.808. The van der Waals surface area contributed by atoms with Crippen molar-refractivity contribution in [3.8, 4) is 0 Å². The molecule has 1 saturated carbocycles. The van der Waals surface area contributed by atoms with Crippen LogP contribution in [0.5, 0.6) is 0 Å². The van der Waals surface area contributed by atoms with E-state index in [1.807, 2.05) is 12.3 Å². The van der Waals surface area contributed by atoms with E-state index in [1.165, 1.54) is 19.3 Å². The number of benzene rings is 1. The zero-order valence-electron chi connectivity index (χ0n) is 12.3. The van der Waals surface area contributed by atoms with Gasteiger partial charge in [-0.1, -0.05) is 32.8 Å². The maximum atomic E-state index is 6.33. The Bertz CT molecular complexity index is 608. The van der Waals surface area contributed by atoms with Crippen molar-refractivity contribution >= 4 is 22.1 Å². The van der Waals surface area contributed by atoms with Gasteiger partial charge in [0.2, 0.25) is 0 Å². The molecule has 3 heteroatoms. The molecule has 0 aliphatic heterocycles. The van der Waals surface area contributed by atoms with Crippen LogP contribution < -0.4 is 11.1 Å². The Balaban J connectivity index is 1.89. The minimum Gasteiger partial charge on any atom is -0.397 e. The molecule has 0 spiro atoms. The predicted molar refractivity (Wildman–Crippen MR) is 85.7 cm³/mol. The number of hydrogen-bond donors (Lipinski definition) is 2. The Morgan fingerprint density at radius 2 is 2.05 bits per heavy atom. The lowest BCUT2D eigenvalue weighted by molar-refractivity contribution is 0.253. The lowest BCUT2D eigenvalue weighted by Crippen LogP contribution is -2.35. The summed E-state index contributed by atoms with van der Waals surface area (Å²) in [6.07, 6.45) is 7.55. The van der Waals surface area contributed by atoms with Crippen molar-refractivity contribution in [2.75, 3.05) is 11.1 Å². The first-order chi connectivity index (χ1) is 9.66. The van der Waals surface area contributed by atoms with Gasteiger partial charge in [-0.05, 0) is 30.4 Å². The van der Waals surface area contributed by atoms with Gasteiger partial charge < -0.3 is 11.1 Å². The lowest BCUT2D eigenvalue weighted by atomic mass is 9.78. The Morgan fingerprint density at radius 3 is 2.90 bits per heavy atom. The van der Waals surface area contributed by atoms with Crippen molar-refractivity contribution < 1.29 is 0 Å². The number of nitrogens with one attached hydrogen (secondary N) is 1. The van der Waals surface area contributed by atoms with Gasteiger partial charge in [-0.2, -0.15) is 0 Å². The molecule has 3 rings (SSSR count). The van der Waals surface area contributed by atoms with Crippen molar-refractivity contribution in [3.05, 3.63) is 30.6 Å². The number of fused-ring (bicyclic) bond motifs is 1. The molecule has 1 fully saturated rings. The first-order valence-electron chi connectivity index (χ1n) is 7.55. The van der Waals surface area contributed by atoms with Crippen LogP contribution in [0.15, 0.2) is 30.6 Å². The average molecular weight is 269 g/mol. The minimum atomic E-state index is 0.528. The predicted octanol–water partition coefficient (Wildman–Crippen LogP) is 4.05. The van der Waals surface area contributed by atoms with Crippen LogP contribution in [-0.4, -0.2) is 11.0 Å². The number of anilines is 2. The van der Waals surface area contributed by atoms with Gasteiger partial charge in [0.1, 0.15) is 0 Å². The van der Waals surface area contributed by atoms with Gasteiger partial charge in [0.25, 0.3) is 0 Å². The fourth-order valence-corrected chi connectivity index (χ4v) is 3.30. The Labute approximate surface area is 120 Å². The minimum absolute atomic E-state index is 0.528. The maximum Gasteiger partial charge on any atom is 0.0630 e. The van der Waals surface area contributed by atoms with Gasteiger partial charge in [-0.3, -0.25) is 4.98 Å². The van der Waals surface area contributed by atoms with E-state index in [1.54, 1.807) is 6.20 Å². The van der Waals surface area contributed by atoms with Gasteiger partial charge in [0.15, 0.2) is 0 Å². The van der Waals surface area contributed by atoms with Gasteiger partial charge in [0.05, 0.1) is 11.4 Å². The molecule has 1 heterocycles. The van der Waals surface area contributed by atoms with Gasteiger partial charge in [-0.15, -0.1) is 0 Å². The van der Waals surface area contributed by atoms with E-state index in [0.29, 0.717) is 12.0 Å². The Morgan fingerprint density at radius 1 is 1.20 bits per heavy atom. The summed E-state index contributed by atoms with van der Waals surface area (Å²) in [6, 6.07) is 6.70. The van der Waals surface area contributed by atoms with E-state index in [2.05, 4.69) is 36.3 Å². The molecule has 0 amide bonds. The number of rotatable bonds is 2. The molecule has 1 aromatic heterocycles. The number of pyridine rings is 1. The monoisotopic (exact) mass is 269 g/mol. The van der Waals surface area contributed by atoms with Crippen molar-refractivity contribution in [3.63, 3.8) is 0 Å². The first-order valence-corrected chi connectivity index (χ1v) is 7.55. The molecule has 3 nitrogen and oxygen atoms in total. The maximum absolute atomic E-state index is 6.33. The van der Waals surface area contributed by atoms with Crippen LogP contribution in [0, 0.1) is 11.8 Å². The number of nitrogen functional groups attached to an aromatic ring is 1. The van der Waals surface area contributed by atoms with E-state index >= 15 is 0 Å². The molecule has 0 saturated heterocycles. The molecule has 2 aromatic rings. The summed E-state index contributed by atoms with van der Waals surface area (Å²) in [4.78, 5) is 4.15. The number of hydrogen-bond acceptors (Lipinski definition) is 3. The van der Waals surface area contributed by atoms with Crippen molar-refractivity contribution in [1.29, 1.82) is 0 Å². The highest BCUT2D eigenvalue weighted by Gasteiger charge is 2.27. The third-order valence-corrected chi connectivity index (χ3v) is 4.91. The average Bonchev–Trinajstić information content (AvgIpc) is 2.47. The number of aromatic nitrogens is 1. The topological polar surface area (TPSA) is 50.9 Å². The zero-order chi connectivity index (χ0) is 14.1. The standard InChI is InChI=1S/C17H23N3/c1-11-4-3-5-15(12(11)2)20-16-7-6-13-10-19-9-8-14(13)17(16)18/h6-12,15,20H,3-5,18H2,1-2H3. The molecule has 3 N–H and O–H groups in total. The van der Waals surface area contributed by atoms with Crippen LogP contribution in [0.2, 0.25) is 0 Å². The first kappa shape index (κ1) is 13.2. The SMILES string of the molecule is CC1CCCC(Nc2ccc3cnccc3c2N)C1C. The highest BCUT2D eigenvalue weighted by atomic mass is 14.9. The number of nitrogens with two attached hydrogens (primary N) is 1. The molecule has 0 bridgehead atoms. The van der Waals surface area contributed by atoms with Crippen LogP contribution in [0.25, 0.3) is 10.8 Å². The Kier molecular flexibility index (Phi) is 3.51. The fourth-order valence-electron chi connectivity index (χ4n) is 3.30. The summed E-state index contributed by atoms with van der Waals surface area (Å²) in [5.41, 5.74) is 8.23. The molecule has 1 aliphatic rings. The molecule has 3 atom stereocenters. The summed E-state index contributed by atoms with van der Waals surface area (Å²) < 4.78 is 0. The number of nitrogens with zero attached hydrogens (tertiary/aromatic N) is 1. The molecule has 106 valence electrons. The van der Waals surface area contributed by atoms with E-state index in [0.717, 1.165) is 28.1 Å². The molecule has 0 radical (unpaired) electrons. The molecule has 3 unspecified atom stereocenters. The second kappa shape index (κ2) is 5.31. The van der Waals surface area contributed by atoms with Crippen LogP contribution in [-0.2, 0) is 0 Å². The third kappa shape index (κ3) is 2.33. The van der Waals surface area contributed by atoms with Crippen molar-refractivity contribution in [2.24, 2.45) is 11.8 Å². The molecule has 20 heavy (non-hydrogen) atoms. The zero-order valence-corrected chi connectivity index (χ0v) is 12.3. The van der Waals surface area contributed by atoms with Crippen LogP contribution in [0.3, 0.4) is 0 Å². The fraction of sp³-hybridized carbons (Fsp3) is 0.471. The van der Waals surface area contributed by atoms with Gasteiger partial charge in [0, 0.05) is 29.2 Å². The summed E-state index contributed by atoms with van der Waals surface area (Å²) in [6.45, 7) is 4.70. The van der Waals surface area contributed by atoms with Crippen molar-refractivity contribution in [1.82, 2.24) is 4.98 Å². The molecule has 1 aliphatic carbocycles. The Hall–Kier alpha value is -1.77. The molecular weight excluding hydrogens is 246 g/mol. The summed E-state index contributed by atoms with van der Waals surface area (Å²) in [5.74, 6) is 1.48. The van der Waals surface area contributed by atoms with E-state index in [4.69, 9.17) is 5.73 Å². The van der Waals surface area contributed by atoms with E-state index < -0.39 is 0 Å². The van der Waals surface area contributed by atoms with Crippen LogP contribution in [0.1, 0.15) is 33.1 Å². The third-order valence-electron chi connectivity index (χ3n) is 4.91. The lowest BCUT2D eigenvalue weighted by Gasteiger charge is -2.35. The normalized spacial score (nSPS) is 26.6. The summed E-state index contributed by atoms with van der Waals surface area (Å²) >= 11 is 0. The second-order valence-electron chi connectivity index (χ2n) is 6.14. The summed E-state index contributed by atoms with van der Waals surface area (Å²) in [5, 5.41) is 5.86. The van der Waals surface area contributed by atoms with Gasteiger partial charge >= 0.3 is 0 Å². The van der Waals surface area contributed by atoms with Crippen LogP contribution in [0.4, 0.5) is 11.4 Å². The highest BCUT2D eigenvalue weighted by molar-refractivity contribution is 5.98. The smallest absolute Gasteiger partial charge is 0.0630 e.